The highest BCUT2D eigenvalue weighted by Crippen LogP contribution is 2.20. The zero-order valence-corrected chi connectivity index (χ0v) is 10.3. The molecule has 84 valence electrons. The minimum absolute atomic E-state index is 0.162. The molecule has 0 saturated heterocycles. The maximum atomic E-state index is 12.0. The number of amides is 1. The van der Waals surface area contributed by atoms with Gasteiger partial charge in [-0.05, 0) is 25.1 Å². The topological polar surface area (TPSA) is 20.3 Å². The SMILES string of the molecule is C#CCN(CC)C(=O)c1cc(Cl)cc(Cl)c1. The second-order valence-corrected chi connectivity index (χ2v) is 4.05. The molecular weight excluding hydrogens is 245 g/mol. The van der Waals surface area contributed by atoms with Gasteiger partial charge in [-0.15, -0.1) is 6.42 Å². The molecule has 0 N–H and O–H groups in total. The van der Waals surface area contributed by atoms with Crippen LogP contribution in [0.1, 0.15) is 17.3 Å². The number of terminal acetylenes is 1. The molecule has 0 saturated carbocycles. The van der Waals surface area contributed by atoms with Gasteiger partial charge in [0.25, 0.3) is 5.91 Å². The molecular formula is C12H11Cl2NO. The molecule has 0 unspecified atom stereocenters. The van der Waals surface area contributed by atoms with Crippen LogP contribution in [0.2, 0.25) is 10.0 Å². The van der Waals surface area contributed by atoms with Crippen molar-refractivity contribution in [3.8, 4) is 12.3 Å². The van der Waals surface area contributed by atoms with Crippen LogP contribution < -0.4 is 0 Å². The standard InChI is InChI=1S/C12H11Cl2NO/c1-3-5-15(4-2)12(16)9-6-10(13)8-11(14)7-9/h1,6-8H,4-5H2,2H3. The summed E-state index contributed by atoms with van der Waals surface area (Å²) in [7, 11) is 0. The van der Waals surface area contributed by atoms with Crippen molar-refractivity contribution in [3.05, 3.63) is 33.8 Å². The molecule has 4 heteroatoms. The normalized spacial score (nSPS) is 9.62. The average Bonchev–Trinajstić information content (AvgIpc) is 2.23. The van der Waals surface area contributed by atoms with Crippen LogP contribution in [0, 0.1) is 12.3 Å². The van der Waals surface area contributed by atoms with E-state index in [1.807, 2.05) is 6.92 Å². The van der Waals surface area contributed by atoms with Gasteiger partial charge in [-0.25, -0.2) is 0 Å². The molecule has 0 atom stereocenters. The van der Waals surface area contributed by atoms with Gasteiger partial charge in [-0.2, -0.15) is 0 Å². The van der Waals surface area contributed by atoms with Gasteiger partial charge in [0.1, 0.15) is 0 Å². The molecule has 0 aromatic heterocycles. The number of nitrogens with zero attached hydrogens (tertiary/aromatic N) is 1. The van der Waals surface area contributed by atoms with E-state index in [4.69, 9.17) is 29.6 Å². The Bertz CT molecular complexity index is 417. The summed E-state index contributed by atoms with van der Waals surface area (Å²) in [6, 6.07) is 4.74. The first-order valence-electron chi connectivity index (χ1n) is 4.77. The van der Waals surface area contributed by atoms with E-state index < -0.39 is 0 Å². The fraction of sp³-hybridized carbons (Fsp3) is 0.250. The second kappa shape index (κ2) is 5.79. The first kappa shape index (κ1) is 12.9. The van der Waals surface area contributed by atoms with Gasteiger partial charge < -0.3 is 4.90 Å². The summed E-state index contributed by atoms with van der Waals surface area (Å²) in [4.78, 5) is 13.5. The van der Waals surface area contributed by atoms with Crippen molar-refractivity contribution in [1.82, 2.24) is 4.90 Å². The number of benzene rings is 1. The van der Waals surface area contributed by atoms with Crippen LogP contribution in [0.25, 0.3) is 0 Å². The molecule has 1 rings (SSSR count). The molecule has 0 radical (unpaired) electrons. The van der Waals surface area contributed by atoms with E-state index >= 15 is 0 Å². The van der Waals surface area contributed by atoms with Crippen LogP contribution in [0.3, 0.4) is 0 Å². The van der Waals surface area contributed by atoms with Crippen LogP contribution in [0.5, 0.6) is 0 Å². The molecule has 0 aliphatic rings. The van der Waals surface area contributed by atoms with Crippen molar-refractivity contribution < 1.29 is 4.79 Å². The summed E-state index contributed by atoms with van der Waals surface area (Å²) in [5.74, 6) is 2.28. The molecule has 1 aromatic rings. The van der Waals surface area contributed by atoms with E-state index in [9.17, 15) is 4.79 Å². The number of hydrogen-bond acceptors (Lipinski definition) is 1. The quantitative estimate of drug-likeness (QED) is 0.761. The molecule has 0 aliphatic carbocycles. The highest BCUT2D eigenvalue weighted by molar-refractivity contribution is 6.35. The number of rotatable bonds is 3. The van der Waals surface area contributed by atoms with Crippen molar-refractivity contribution in [2.45, 2.75) is 6.92 Å². The molecule has 0 heterocycles. The van der Waals surface area contributed by atoms with Crippen molar-refractivity contribution in [1.29, 1.82) is 0 Å². The largest absolute Gasteiger partial charge is 0.328 e. The Morgan fingerprint density at radius 2 is 1.94 bits per heavy atom. The van der Waals surface area contributed by atoms with Crippen LogP contribution in [-0.4, -0.2) is 23.9 Å². The fourth-order valence-corrected chi connectivity index (χ4v) is 1.82. The zero-order chi connectivity index (χ0) is 12.1. The summed E-state index contributed by atoms with van der Waals surface area (Å²) in [5, 5.41) is 0.875. The maximum absolute atomic E-state index is 12.0. The van der Waals surface area contributed by atoms with E-state index in [1.165, 1.54) is 0 Å². The summed E-state index contributed by atoms with van der Waals surface area (Å²) in [5.41, 5.74) is 0.453. The first-order valence-corrected chi connectivity index (χ1v) is 5.53. The fourth-order valence-electron chi connectivity index (χ4n) is 1.30. The molecule has 0 aliphatic heterocycles. The smallest absolute Gasteiger partial charge is 0.254 e. The van der Waals surface area contributed by atoms with Crippen molar-refractivity contribution in [2.24, 2.45) is 0 Å². The minimum atomic E-state index is -0.162. The van der Waals surface area contributed by atoms with Crippen LogP contribution in [-0.2, 0) is 0 Å². The van der Waals surface area contributed by atoms with E-state index in [0.717, 1.165) is 0 Å². The predicted molar refractivity (Wildman–Crippen MR) is 66.9 cm³/mol. The number of halogens is 2. The zero-order valence-electron chi connectivity index (χ0n) is 8.84. The van der Waals surface area contributed by atoms with Gasteiger partial charge in [0.2, 0.25) is 0 Å². The summed E-state index contributed by atoms with van der Waals surface area (Å²) in [6.07, 6.45) is 5.18. The lowest BCUT2D eigenvalue weighted by Gasteiger charge is -2.18. The van der Waals surface area contributed by atoms with Crippen LogP contribution >= 0.6 is 23.2 Å². The number of carbonyl (C=O) groups is 1. The van der Waals surface area contributed by atoms with Crippen molar-refractivity contribution in [3.63, 3.8) is 0 Å². The predicted octanol–water partition coefficient (Wildman–Crippen LogP) is 3.09. The Morgan fingerprint density at radius 1 is 1.38 bits per heavy atom. The van der Waals surface area contributed by atoms with Gasteiger partial charge in [0, 0.05) is 22.2 Å². The Kier molecular flexibility index (Phi) is 4.67. The molecule has 0 spiro atoms. The Morgan fingerprint density at radius 3 is 2.38 bits per heavy atom. The Balaban J connectivity index is 2.99. The molecule has 0 fully saturated rings. The second-order valence-electron chi connectivity index (χ2n) is 3.18. The van der Waals surface area contributed by atoms with E-state index in [0.29, 0.717) is 22.2 Å². The average molecular weight is 256 g/mol. The van der Waals surface area contributed by atoms with Gasteiger partial charge in [0.05, 0.1) is 6.54 Å². The first-order chi connectivity index (χ1) is 7.58. The molecule has 0 bridgehead atoms. The van der Waals surface area contributed by atoms with E-state index in [1.54, 1.807) is 23.1 Å². The summed E-state index contributed by atoms with van der Waals surface area (Å²) < 4.78 is 0. The third-order valence-electron chi connectivity index (χ3n) is 2.06. The lowest BCUT2D eigenvalue weighted by atomic mass is 10.2. The maximum Gasteiger partial charge on any atom is 0.254 e. The van der Waals surface area contributed by atoms with Gasteiger partial charge in [-0.3, -0.25) is 4.79 Å². The van der Waals surface area contributed by atoms with Gasteiger partial charge >= 0.3 is 0 Å². The Hall–Kier alpha value is -1.17. The van der Waals surface area contributed by atoms with Crippen molar-refractivity contribution >= 4 is 29.1 Å². The van der Waals surface area contributed by atoms with E-state index in [2.05, 4.69) is 5.92 Å². The molecule has 16 heavy (non-hydrogen) atoms. The number of carbonyl (C=O) groups excluding carboxylic acids is 1. The monoisotopic (exact) mass is 255 g/mol. The minimum Gasteiger partial charge on any atom is -0.328 e. The third-order valence-corrected chi connectivity index (χ3v) is 2.50. The molecule has 1 aromatic carbocycles. The molecule has 1 amide bonds. The lowest BCUT2D eigenvalue weighted by Crippen LogP contribution is -2.31. The van der Waals surface area contributed by atoms with Gasteiger partial charge in [-0.1, -0.05) is 29.1 Å². The summed E-state index contributed by atoms with van der Waals surface area (Å²) >= 11 is 11.6. The van der Waals surface area contributed by atoms with Gasteiger partial charge in [0.15, 0.2) is 0 Å². The lowest BCUT2D eigenvalue weighted by molar-refractivity contribution is 0.0785. The third kappa shape index (κ3) is 3.16. The highest BCUT2D eigenvalue weighted by atomic mass is 35.5. The Labute approximate surface area is 105 Å². The van der Waals surface area contributed by atoms with Crippen molar-refractivity contribution in [2.75, 3.05) is 13.1 Å². The van der Waals surface area contributed by atoms with E-state index in [-0.39, 0.29) is 12.5 Å². The summed E-state index contributed by atoms with van der Waals surface area (Å²) in [6.45, 7) is 2.69. The molecule has 2 nitrogen and oxygen atoms in total. The van der Waals surface area contributed by atoms with Crippen LogP contribution in [0.4, 0.5) is 0 Å². The van der Waals surface area contributed by atoms with Crippen LogP contribution in [0.15, 0.2) is 18.2 Å². The number of hydrogen-bond donors (Lipinski definition) is 0. The highest BCUT2D eigenvalue weighted by Gasteiger charge is 2.14.